The SMILES string of the molecule is COC(=O)c1sc2nc3c(c(-c4ccco4)c2c1N)CCc1cc(OC)ccc1-3. The highest BCUT2D eigenvalue weighted by Crippen LogP contribution is 2.47. The van der Waals surface area contributed by atoms with Gasteiger partial charge in [0.05, 0.1) is 31.9 Å². The number of esters is 1. The zero-order valence-corrected chi connectivity index (χ0v) is 16.8. The number of hydrogen-bond acceptors (Lipinski definition) is 7. The minimum absolute atomic E-state index is 0.361. The number of fused-ring (bicyclic) bond motifs is 4. The highest BCUT2D eigenvalue weighted by molar-refractivity contribution is 7.21. The molecular weight excluding hydrogens is 388 g/mol. The molecule has 1 aliphatic carbocycles. The highest BCUT2D eigenvalue weighted by Gasteiger charge is 2.29. The molecule has 7 heteroatoms. The Morgan fingerprint density at radius 3 is 2.83 bits per heavy atom. The summed E-state index contributed by atoms with van der Waals surface area (Å²) in [5, 5.41) is 0.751. The van der Waals surface area contributed by atoms with E-state index in [1.807, 2.05) is 24.3 Å². The van der Waals surface area contributed by atoms with Gasteiger partial charge in [0, 0.05) is 16.5 Å². The first-order chi connectivity index (χ1) is 14.1. The first-order valence-corrected chi connectivity index (χ1v) is 9.98. The molecule has 0 atom stereocenters. The van der Waals surface area contributed by atoms with E-state index in [-0.39, 0.29) is 0 Å². The highest BCUT2D eigenvalue weighted by atomic mass is 32.1. The fourth-order valence-corrected chi connectivity index (χ4v) is 5.01. The second-order valence-electron chi connectivity index (χ2n) is 6.83. The summed E-state index contributed by atoms with van der Waals surface area (Å²) in [5.41, 5.74) is 11.9. The van der Waals surface area contributed by atoms with Crippen molar-refractivity contribution in [1.82, 2.24) is 4.98 Å². The molecule has 2 N–H and O–H groups in total. The molecule has 0 aliphatic heterocycles. The number of aryl methyl sites for hydroxylation is 1. The molecule has 3 heterocycles. The molecule has 3 aromatic heterocycles. The maximum atomic E-state index is 12.2. The van der Waals surface area contributed by atoms with E-state index in [2.05, 4.69) is 6.07 Å². The van der Waals surface area contributed by atoms with Crippen LogP contribution in [0.4, 0.5) is 5.69 Å². The van der Waals surface area contributed by atoms with Gasteiger partial charge in [0.15, 0.2) is 0 Å². The molecule has 0 spiro atoms. The van der Waals surface area contributed by atoms with Crippen molar-refractivity contribution in [3.8, 4) is 28.3 Å². The van der Waals surface area contributed by atoms with Crippen molar-refractivity contribution in [2.75, 3.05) is 20.0 Å². The number of benzene rings is 1. The third-order valence-electron chi connectivity index (χ3n) is 5.33. The van der Waals surface area contributed by atoms with Gasteiger partial charge in [-0.25, -0.2) is 9.78 Å². The van der Waals surface area contributed by atoms with Crippen LogP contribution in [0.25, 0.3) is 32.8 Å². The van der Waals surface area contributed by atoms with Crippen LogP contribution in [0.15, 0.2) is 41.0 Å². The molecule has 1 aromatic carbocycles. The Kier molecular flexibility index (Phi) is 4.06. The number of hydrogen-bond donors (Lipinski definition) is 1. The van der Waals surface area contributed by atoms with Crippen LogP contribution in [-0.2, 0) is 17.6 Å². The van der Waals surface area contributed by atoms with Crippen molar-refractivity contribution in [1.29, 1.82) is 0 Å². The van der Waals surface area contributed by atoms with Crippen molar-refractivity contribution in [2.24, 2.45) is 0 Å². The number of nitrogen functional groups attached to an aromatic ring is 1. The van der Waals surface area contributed by atoms with Crippen LogP contribution in [0.2, 0.25) is 0 Å². The Hall–Kier alpha value is -3.32. The lowest BCUT2D eigenvalue weighted by atomic mass is 9.85. The molecule has 29 heavy (non-hydrogen) atoms. The summed E-state index contributed by atoms with van der Waals surface area (Å²) < 4.78 is 16.0. The third kappa shape index (κ3) is 2.61. The molecule has 0 saturated heterocycles. The van der Waals surface area contributed by atoms with Gasteiger partial charge in [0.2, 0.25) is 0 Å². The van der Waals surface area contributed by atoms with E-state index >= 15 is 0 Å². The number of methoxy groups -OCH3 is 2. The normalized spacial score (nSPS) is 12.5. The maximum absolute atomic E-state index is 12.2. The quantitative estimate of drug-likeness (QED) is 0.496. The van der Waals surface area contributed by atoms with Crippen LogP contribution in [0.1, 0.15) is 20.8 Å². The molecule has 0 amide bonds. The fraction of sp³-hybridized carbons (Fsp3) is 0.182. The van der Waals surface area contributed by atoms with Crippen molar-refractivity contribution in [3.63, 3.8) is 0 Å². The maximum Gasteiger partial charge on any atom is 0.350 e. The van der Waals surface area contributed by atoms with Gasteiger partial charge >= 0.3 is 5.97 Å². The zero-order chi connectivity index (χ0) is 20.1. The Bertz CT molecular complexity index is 1260. The van der Waals surface area contributed by atoms with E-state index in [0.717, 1.165) is 46.4 Å². The Morgan fingerprint density at radius 2 is 2.10 bits per heavy atom. The molecule has 5 rings (SSSR count). The van der Waals surface area contributed by atoms with Gasteiger partial charge in [-0.15, -0.1) is 11.3 Å². The predicted octanol–water partition coefficient (Wildman–Crippen LogP) is 4.70. The molecule has 4 aromatic rings. The topological polar surface area (TPSA) is 87.6 Å². The molecule has 6 nitrogen and oxygen atoms in total. The third-order valence-corrected chi connectivity index (χ3v) is 6.41. The summed E-state index contributed by atoms with van der Waals surface area (Å²) >= 11 is 1.25. The summed E-state index contributed by atoms with van der Waals surface area (Å²) in [6, 6.07) is 9.79. The molecule has 1 aliphatic rings. The fourth-order valence-electron chi connectivity index (χ4n) is 3.99. The largest absolute Gasteiger partial charge is 0.497 e. The van der Waals surface area contributed by atoms with Crippen molar-refractivity contribution < 1.29 is 18.7 Å². The summed E-state index contributed by atoms with van der Waals surface area (Å²) in [7, 11) is 3.01. The standard InChI is InChI=1S/C22H18N2O4S/c1-26-12-6-8-13-11(10-12)5-7-14-16(15-4-3-9-28-15)17-18(23)20(22(25)27-2)29-21(17)24-19(13)14/h3-4,6,8-10H,5,7,23H2,1-2H3. The Labute approximate surface area is 170 Å². The minimum atomic E-state index is -0.459. The number of nitrogens with zero attached hydrogens (tertiary/aromatic N) is 1. The zero-order valence-electron chi connectivity index (χ0n) is 15.9. The molecule has 0 bridgehead atoms. The number of ether oxygens (including phenoxy) is 2. The first-order valence-electron chi connectivity index (χ1n) is 9.16. The number of carbonyl (C=O) groups excluding carboxylic acids is 1. The van der Waals surface area contributed by atoms with Crippen molar-refractivity contribution >= 4 is 33.2 Å². The number of nitrogens with two attached hydrogens (primary N) is 1. The second kappa shape index (κ2) is 6.63. The lowest BCUT2D eigenvalue weighted by Gasteiger charge is -2.22. The lowest BCUT2D eigenvalue weighted by molar-refractivity contribution is 0.0607. The number of rotatable bonds is 3. The summed E-state index contributed by atoms with van der Waals surface area (Å²) in [4.78, 5) is 18.2. The van der Waals surface area contributed by atoms with Crippen LogP contribution < -0.4 is 10.5 Å². The Balaban J connectivity index is 1.86. The van der Waals surface area contributed by atoms with Gasteiger partial charge in [-0.05, 0) is 54.3 Å². The van der Waals surface area contributed by atoms with Gasteiger partial charge in [-0.1, -0.05) is 0 Å². The molecular formula is C22H18N2O4S. The van der Waals surface area contributed by atoms with E-state index in [0.29, 0.717) is 21.2 Å². The predicted molar refractivity (Wildman–Crippen MR) is 112 cm³/mol. The number of thiophene rings is 1. The van der Waals surface area contributed by atoms with E-state index in [4.69, 9.17) is 24.6 Å². The smallest absolute Gasteiger partial charge is 0.350 e. The Morgan fingerprint density at radius 1 is 1.24 bits per heavy atom. The molecule has 0 radical (unpaired) electrons. The second-order valence-corrected chi connectivity index (χ2v) is 7.83. The molecule has 0 saturated carbocycles. The van der Waals surface area contributed by atoms with Crippen molar-refractivity contribution in [3.05, 3.63) is 52.6 Å². The first kappa shape index (κ1) is 17.8. The monoisotopic (exact) mass is 406 g/mol. The van der Waals surface area contributed by atoms with E-state index < -0.39 is 5.97 Å². The van der Waals surface area contributed by atoms with Crippen molar-refractivity contribution in [2.45, 2.75) is 12.8 Å². The molecule has 0 fully saturated rings. The van der Waals surface area contributed by atoms with Crippen LogP contribution in [-0.4, -0.2) is 25.2 Å². The van der Waals surface area contributed by atoms with E-state index in [9.17, 15) is 4.79 Å². The average Bonchev–Trinajstić information content (AvgIpc) is 3.39. The van der Waals surface area contributed by atoms with Gasteiger partial charge in [-0.2, -0.15) is 0 Å². The molecule has 0 unspecified atom stereocenters. The van der Waals surface area contributed by atoms with E-state index in [1.165, 1.54) is 24.0 Å². The summed E-state index contributed by atoms with van der Waals surface area (Å²) in [6.45, 7) is 0. The number of pyridine rings is 1. The average molecular weight is 406 g/mol. The van der Waals surface area contributed by atoms with Gasteiger partial charge in [-0.3, -0.25) is 0 Å². The van der Waals surface area contributed by atoms with Crippen LogP contribution in [0.3, 0.4) is 0 Å². The van der Waals surface area contributed by atoms with E-state index in [1.54, 1.807) is 13.4 Å². The lowest BCUT2D eigenvalue weighted by Crippen LogP contribution is -2.08. The number of furan rings is 1. The number of aromatic nitrogens is 1. The summed E-state index contributed by atoms with van der Waals surface area (Å²) in [6.07, 6.45) is 3.28. The van der Waals surface area contributed by atoms with Crippen LogP contribution >= 0.6 is 11.3 Å². The minimum Gasteiger partial charge on any atom is -0.497 e. The van der Waals surface area contributed by atoms with Gasteiger partial charge in [0.1, 0.15) is 21.2 Å². The van der Waals surface area contributed by atoms with Crippen LogP contribution in [0.5, 0.6) is 5.75 Å². The number of anilines is 1. The number of carbonyl (C=O) groups is 1. The van der Waals surface area contributed by atoms with Crippen LogP contribution in [0, 0.1) is 0 Å². The summed E-state index contributed by atoms with van der Waals surface area (Å²) in [5.74, 6) is 1.08. The van der Waals surface area contributed by atoms with Gasteiger partial charge < -0.3 is 19.6 Å². The molecule has 146 valence electrons. The van der Waals surface area contributed by atoms with Gasteiger partial charge in [0.25, 0.3) is 0 Å².